The van der Waals surface area contributed by atoms with E-state index in [1.807, 2.05) is 11.9 Å². The van der Waals surface area contributed by atoms with Crippen LogP contribution in [0, 0.1) is 5.82 Å². The van der Waals surface area contributed by atoms with Crippen molar-refractivity contribution in [3.8, 4) is 0 Å². The molecule has 96 valence electrons. The smallest absolute Gasteiger partial charge is 0.333 e. The van der Waals surface area contributed by atoms with Gasteiger partial charge in [-0.2, -0.15) is 0 Å². The summed E-state index contributed by atoms with van der Waals surface area (Å²) in [5.74, 6) is -0.582. The highest BCUT2D eigenvalue weighted by molar-refractivity contribution is 5.88. The van der Waals surface area contributed by atoms with Gasteiger partial charge in [-0.25, -0.2) is 9.18 Å². The topological polar surface area (TPSA) is 29.5 Å². The van der Waals surface area contributed by atoms with Crippen LogP contribution in [0.1, 0.15) is 18.0 Å². The van der Waals surface area contributed by atoms with Gasteiger partial charge in [0.05, 0.1) is 13.2 Å². The number of esters is 1. The van der Waals surface area contributed by atoms with Crippen LogP contribution in [0.25, 0.3) is 0 Å². The number of carbonyl (C=O) groups is 1. The molecule has 0 aliphatic carbocycles. The van der Waals surface area contributed by atoms with E-state index in [1.165, 1.54) is 13.2 Å². The van der Waals surface area contributed by atoms with Crippen LogP contribution in [0.5, 0.6) is 0 Å². The molecule has 4 heteroatoms. The molecule has 1 aliphatic heterocycles. The first-order chi connectivity index (χ1) is 8.63. The minimum Gasteiger partial charge on any atom is -0.466 e. The SMILES string of the molecule is COC(=O)C1=CC(c2ccccc2F)N(C)CC1. The molecule has 0 fully saturated rings. The molecule has 3 nitrogen and oxygen atoms in total. The highest BCUT2D eigenvalue weighted by Crippen LogP contribution is 2.29. The highest BCUT2D eigenvalue weighted by Gasteiger charge is 2.25. The lowest BCUT2D eigenvalue weighted by molar-refractivity contribution is -0.136. The molecule has 18 heavy (non-hydrogen) atoms. The van der Waals surface area contributed by atoms with Gasteiger partial charge < -0.3 is 4.74 Å². The summed E-state index contributed by atoms with van der Waals surface area (Å²) in [7, 11) is 3.28. The third-order valence-electron chi connectivity index (χ3n) is 3.24. The van der Waals surface area contributed by atoms with Crippen LogP contribution in [0.15, 0.2) is 35.9 Å². The second-order valence-corrected chi connectivity index (χ2v) is 4.38. The number of nitrogens with zero attached hydrogens (tertiary/aromatic N) is 1. The lowest BCUT2D eigenvalue weighted by atomic mass is 9.96. The maximum absolute atomic E-state index is 13.8. The largest absolute Gasteiger partial charge is 0.466 e. The van der Waals surface area contributed by atoms with Crippen molar-refractivity contribution in [2.75, 3.05) is 20.7 Å². The van der Waals surface area contributed by atoms with E-state index in [9.17, 15) is 9.18 Å². The van der Waals surface area contributed by atoms with Crippen molar-refractivity contribution in [1.82, 2.24) is 4.90 Å². The molecule has 1 aromatic carbocycles. The molecular weight excluding hydrogens is 233 g/mol. The van der Waals surface area contributed by atoms with Gasteiger partial charge in [0.1, 0.15) is 5.82 Å². The Hall–Kier alpha value is -1.68. The van der Waals surface area contributed by atoms with Crippen molar-refractivity contribution in [3.05, 3.63) is 47.3 Å². The standard InChI is InChI=1S/C14H16FNO2/c1-16-8-7-10(14(17)18-2)9-13(16)11-5-3-4-6-12(11)15/h3-6,9,13H,7-8H2,1-2H3. The molecule has 1 unspecified atom stereocenters. The van der Waals surface area contributed by atoms with Gasteiger partial charge in [0.2, 0.25) is 0 Å². The fraction of sp³-hybridized carbons (Fsp3) is 0.357. The Balaban J connectivity index is 2.36. The van der Waals surface area contributed by atoms with E-state index in [2.05, 4.69) is 0 Å². The molecule has 0 amide bonds. The van der Waals surface area contributed by atoms with E-state index in [1.54, 1.807) is 24.3 Å². The molecule has 1 atom stereocenters. The van der Waals surface area contributed by atoms with Crippen molar-refractivity contribution < 1.29 is 13.9 Å². The van der Waals surface area contributed by atoms with E-state index in [4.69, 9.17) is 4.74 Å². The average molecular weight is 249 g/mol. The summed E-state index contributed by atoms with van der Waals surface area (Å²) in [6, 6.07) is 6.42. The van der Waals surface area contributed by atoms with Gasteiger partial charge in [0, 0.05) is 17.7 Å². The number of methoxy groups -OCH3 is 1. The number of hydrogen-bond acceptors (Lipinski definition) is 3. The Labute approximate surface area is 106 Å². The Kier molecular flexibility index (Phi) is 3.77. The maximum Gasteiger partial charge on any atom is 0.333 e. The fourth-order valence-electron chi connectivity index (χ4n) is 2.18. The van der Waals surface area contributed by atoms with E-state index >= 15 is 0 Å². The van der Waals surface area contributed by atoms with Crippen LogP contribution in [0.3, 0.4) is 0 Å². The van der Waals surface area contributed by atoms with Crippen molar-refractivity contribution in [2.24, 2.45) is 0 Å². The van der Waals surface area contributed by atoms with Gasteiger partial charge in [0.25, 0.3) is 0 Å². The summed E-state index contributed by atoms with van der Waals surface area (Å²) in [6.45, 7) is 0.708. The zero-order valence-electron chi connectivity index (χ0n) is 10.5. The second kappa shape index (κ2) is 5.31. The molecule has 2 rings (SSSR count). The fourth-order valence-corrected chi connectivity index (χ4v) is 2.18. The first-order valence-electron chi connectivity index (χ1n) is 5.87. The number of likely N-dealkylation sites (N-methyl/N-ethyl adjacent to an activating group) is 1. The van der Waals surface area contributed by atoms with Gasteiger partial charge in [-0.3, -0.25) is 4.90 Å². The molecule has 1 aromatic rings. The van der Waals surface area contributed by atoms with Crippen LogP contribution in [0.4, 0.5) is 4.39 Å². The molecule has 1 aliphatic rings. The molecule has 0 aromatic heterocycles. The number of benzene rings is 1. The molecule has 0 saturated heterocycles. The molecule has 0 radical (unpaired) electrons. The Morgan fingerprint density at radius 2 is 2.17 bits per heavy atom. The molecule has 0 N–H and O–H groups in total. The third-order valence-corrected chi connectivity index (χ3v) is 3.24. The van der Waals surface area contributed by atoms with Crippen molar-refractivity contribution in [1.29, 1.82) is 0 Å². The normalized spacial score (nSPS) is 20.4. The first-order valence-corrected chi connectivity index (χ1v) is 5.87. The van der Waals surface area contributed by atoms with Gasteiger partial charge in [0.15, 0.2) is 0 Å². The monoisotopic (exact) mass is 249 g/mol. The van der Waals surface area contributed by atoms with Gasteiger partial charge in [-0.15, -0.1) is 0 Å². The minimum atomic E-state index is -0.329. The van der Waals surface area contributed by atoms with Crippen LogP contribution in [-0.4, -0.2) is 31.6 Å². The van der Waals surface area contributed by atoms with Crippen LogP contribution in [0.2, 0.25) is 0 Å². The Bertz CT molecular complexity index is 484. The van der Waals surface area contributed by atoms with Crippen LogP contribution >= 0.6 is 0 Å². The minimum absolute atomic E-state index is 0.214. The number of ether oxygens (including phenoxy) is 1. The maximum atomic E-state index is 13.8. The second-order valence-electron chi connectivity index (χ2n) is 4.38. The summed E-state index contributed by atoms with van der Waals surface area (Å²) < 4.78 is 18.5. The lowest BCUT2D eigenvalue weighted by Crippen LogP contribution is -2.30. The molecular formula is C14H16FNO2. The predicted octanol–water partition coefficient (Wildman–Crippen LogP) is 2.30. The quantitative estimate of drug-likeness (QED) is 0.753. The predicted molar refractivity (Wildman–Crippen MR) is 66.5 cm³/mol. The Morgan fingerprint density at radius 1 is 1.44 bits per heavy atom. The van der Waals surface area contributed by atoms with Crippen molar-refractivity contribution >= 4 is 5.97 Å². The van der Waals surface area contributed by atoms with Gasteiger partial charge in [-0.05, 0) is 19.5 Å². The van der Waals surface area contributed by atoms with E-state index < -0.39 is 0 Å². The number of rotatable bonds is 2. The van der Waals surface area contributed by atoms with E-state index in [0.29, 0.717) is 24.1 Å². The molecule has 1 heterocycles. The lowest BCUT2D eigenvalue weighted by Gasteiger charge is -2.31. The summed E-state index contributed by atoms with van der Waals surface area (Å²) in [5.41, 5.74) is 1.20. The molecule has 0 saturated carbocycles. The zero-order chi connectivity index (χ0) is 13.1. The summed E-state index contributed by atoms with van der Waals surface area (Å²) in [4.78, 5) is 13.6. The highest BCUT2D eigenvalue weighted by atomic mass is 19.1. The molecule has 0 spiro atoms. The summed E-state index contributed by atoms with van der Waals surface area (Å²) >= 11 is 0. The van der Waals surface area contributed by atoms with Crippen molar-refractivity contribution in [2.45, 2.75) is 12.5 Å². The summed E-state index contributed by atoms with van der Waals surface area (Å²) in [6.07, 6.45) is 2.42. The van der Waals surface area contributed by atoms with Gasteiger partial charge in [-0.1, -0.05) is 24.3 Å². The van der Waals surface area contributed by atoms with Gasteiger partial charge >= 0.3 is 5.97 Å². The van der Waals surface area contributed by atoms with Crippen LogP contribution in [-0.2, 0) is 9.53 Å². The number of halogens is 1. The van der Waals surface area contributed by atoms with E-state index in [-0.39, 0.29) is 17.8 Å². The third kappa shape index (κ3) is 2.43. The number of carbonyl (C=O) groups excluding carboxylic acids is 1. The average Bonchev–Trinajstić information content (AvgIpc) is 2.39. The first kappa shape index (κ1) is 12.8. The van der Waals surface area contributed by atoms with Crippen LogP contribution < -0.4 is 0 Å². The van der Waals surface area contributed by atoms with E-state index in [0.717, 1.165) is 0 Å². The number of hydrogen-bond donors (Lipinski definition) is 0. The molecule has 0 bridgehead atoms. The Morgan fingerprint density at radius 3 is 2.83 bits per heavy atom. The van der Waals surface area contributed by atoms with Crippen molar-refractivity contribution in [3.63, 3.8) is 0 Å². The summed E-state index contributed by atoms with van der Waals surface area (Å²) in [5, 5.41) is 0. The zero-order valence-corrected chi connectivity index (χ0v) is 10.5.